The first-order valence-corrected chi connectivity index (χ1v) is 12.6. The van der Waals surface area contributed by atoms with Crippen molar-refractivity contribution >= 4 is 22.7 Å². The maximum absolute atomic E-state index is 11.8. The van der Waals surface area contributed by atoms with Crippen molar-refractivity contribution in [2.24, 2.45) is 0 Å². The normalized spacial score (nSPS) is 15.4. The van der Waals surface area contributed by atoms with Crippen LogP contribution in [0.5, 0.6) is 5.75 Å². The van der Waals surface area contributed by atoms with Crippen molar-refractivity contribution in [3.63, 3.8) is 0 Å². The number of hydrogen-bond donors (Lipinski definition) is 2. The Morgan fingerprint density at radius 2 is 2.05 bits per heavy atom. The van der Waals surface area contributed by atoms with Crippen LogP contribution in [-0.4, -0.2) is 44.0 Å². The third kappa shape index (κ3) is 4.97. The lowest BCUT2D eigenvalue weighted by Crippen LogP contribution is -2.17. The first kappa shape index (κ1) is 23.8. The summed E-state index contributed by atoms with van der Waals surface area (Å²) in [5.74, 6) is 0.763. The van der Waals surface area contributed by atoms with Gasteiger partial charge in [-0.25, -0.2) is 4.98 Å². The molecule has 10 nitrogen and oxygen atoms in total. The predicted molar refractivity (Wildman–Crippen MR) is 139 cm³/mol. The van der Waals surface area contributed by atoms with Crippen molar-refractivity contribution in [1.29, 1.82) is 0 Å². The lowest BCUT2D eigenvalue weighted by molar-refractivity contribution is -0.137. The Bertz CT molecular complexity index is 1490. The van der Waals surface area contributed by atoms with Crippen molar-refractivity contribution in [2.45, 2.75) is 38.0 Å². The number of carbonyl (C=O) groups is 1. The lowest BCUT2D eigenvalue weighted by Gasteiger charge is -2.19. The van der Waals surface area contributed by atoms with Gasteiger partial charge >= 0.3 is 5.97 Å². The average Bonchev–Trinajstić information content (AvgIpc) is 3.62. The topological polar surface area (TPSA) is 121 Å². The van der Waals surface area contributed by atoms with Crippen LogP contribution in [0.25, 0.3) is 10.9 Å². The van der Waals surface area contributed by atoms with Crippen molar-refractivity contribution < 1.29 is 24.1 Å². The maximum atomic E-state index is 11.8. The number of aromatic nitrogens is 4. The van der Waals surface area contributed by atoms with Crippen LogP contribution < -0.4 is 10.1 Å². The van der Waals surface area contributed by atoms with Crippen LogP contribution in [-0.2, 0) is 27.1 Å². The molecule has 6 rings (SSSR count). The van der Waals surface area contributed by atoms with Crippen molar-refractivity contribution in [3.8, 4) is 5.75 Å². The van der Waals surface area contributed by atoms with Crippen molar-refractivity contribution in [3.05, 3.63) is 89.9 Å². The number of carboxylic acids is 1. The van der Waals surface area contributed by atoms with E-state index in [4.69, 9.17) is 19.2 Å². The van der Waals surface area contributed by atoms with Crippen LogP contribution in [0, 0.1) is 0 Å². The molecular weight excluding hydrogens is 486 g/mol. The summed E-state index contributed by atoms with van der Waals surface area (Å²) < 4.78 is 18.6. The molecule has 0 aliphatic carbocycles. The maximum Gasteiger partial charge on any atom is 0.305 e. The van der Waals surface area contributed by atoms with E-state index >= 15 is 0 Å². The highest BCUT2D eigenvalue weighted by atomic mass is 16.7. The first-order chi connectivity index (χ1) is 18.6. The molecule has 38 heavy (non-hydrogen) atoms. The molecule has 2 aliphatic heterocycles. The number of rotatable bonds is 9. The van der Waals surface area contributed by atoms with Gasteiger partial charge in [0, 0.05) is 36.4 Å². The Morgan fingerprint density at radius 3 is 2.92 bits per heavy atom. The van der Waals surface area contributed by atoms with E-state index < -0.39 is 18.3 Å². The molecule has 0 amide bonds. The molecule has 0 fully saturated rings. The molecule has 0 unspecified atom stereocenters. The average molecular weight is 514 g/mol. The van der Waals surface area contributed by atoms with Gasteiger partial charge in [-0.3, -0.25) is 14.5 Å². The van der Waals surface area contributed by atoms with Crippen LogP contribution in [0.1, 0.15) is 47.6 Å². The van der Waals surface area contributed by atoms with Gasteiger partial charge in [-0.05, 0) is 54.3 Å². The van der Waals surface area contributed by atoms with Gasteiger partial charge in [-0.1, -0.05) is 6.07 Å². The SMILES string of the molecule is O=C(O)C[C@@H](c1cncc(C2OC=CO2)c1)n1ncc2cc(OCCc3ccc4c(n3)NCCC4)ccc21. The number of fused-ring (bicyclic) bond motifs is 2. The van der Waals surface area contributed by atoms with Crippen LogP contribution in [0.2, 0.25) is 0 Å². The third-order valence-electron chi connectivity index (χ3n) is 6.71. The summed E-state index contributed by atoms with van der Waals surface area (Å²) in [4.78, 5) is 20.8. The van der Waals surface area contributed by atoms with Crippen molar-refractivity contribution in [1.82, 2.24) is 19.7 Å². The minimum absolute atomic E-state index is 0.159. The number of anilines is 1. The Balaban J connectivity index is 1.19. The van der Waals surface area contributed by atoms with Crippen LogP contribution in [0.3, 0.4) is 0 Å². The molecule has 10 heteroatoms. The highest BCUT2D eigenvalue weighted by Gasteiger charge is 2.24. The van der Waals surface area contributed by atoms with E-state index in [0.717, 1.165) is 47.6 Å². The standard InChI is InChI=1S/C28H27N5O5/c34-26(35)14-25(19-12-21(16-29-15-19)28-37-10-11-38-28)33-24-6-5-23(13-20(24)17-31-33)36-9-7-22-4-3-18-2-1-8-30-27(18)32-22/h3-6,10-13,15-17,25,28H,1-2,7-9,14H2,(H,30,32)(H,34,35)/t25-/m0/s1. The summed E-state index contributed by atoms with van der Waals surface area (Å²) in [7, 11) is 0. The summed E-state index contributed by atoms with van der Waals surface area (Å²) in [5.41, 5.74) is 4.44. The van der Waals surface area contributed by atoms with Gasteiger partial charge in [0.2, 0.25) is 0 Å². The van der Waals surface area contributed by atoms with Gasteiger partial charge in [0.25, 0.3) is 6.29 Å². The van der Waals surface area contributed by atoms with Gasteiger partial charge < -0.3 is 24.6 Å². The van der Waals surface area contributed by atoms with E-state index in [1.54, 1.807) is 23.3 Å². The molecule has 3 aromatic heterocycles. The zero-order chi connectivity index (χ0) is 25.9. The molecule has 0 radical (unpaired) electrons. The molecule has 0 saturated carbocycles. The van der Waals surface area contributed by atoms with Gasteiger partial charge in [-0.15, -0.1) is 0 Å². The van der Waals surface area contributed by atoms with E-state index in [-0.39, 0.29) is 6.42 Å². The zero-order valence-electron chi connectivity index (χ0n) is 20.6. The Hall–Kier alpha value is -4.60. The monoisotopic (exact) mass is 513 g/mol. The number of carboxylic acid groups (broad SMARTS) is 1. The number of nitrogens with zero attached hydrogens (tertiary/aromatic N) is 4. The summed E-state index contributed by atoms with van der Waals surface area (Å²) in [5, 5.41) is 18.4. The number of ether oxygens (including phenoxy) is 3. The van der Waals surface area contributed by atoms with Gasteiger partial charge in [0.1, 0.15) is 24.1 Å². The number of hydrogen-bond acceptors (Lipinski definition) is 8. The number of nitrogens with one attached hydrogen (secondary N) is 1. The summed E-state index contributed by atoms with van der Waals surface area (Å²) in [6.45, 7) is 1.45. The smallest absolute Gasteiger partial charge is 0.305 e. The number of aryl methyl sites for hydroxylation is 1. The summed E-state index contributed by atoms with van der Waals surface area (Å²) in [6, 6.07) is 11.2. The quantitative estimate of drug-likeness (QED) is 0.336. The second kappa shape index (κ2) is 10.4. The fourth-order valence-corrected chi connectivity index (χ4v) is 4.85. The molecule has 1 aromatic carbocycles. The Labute approximate surface area is 218 Å². The predicted octanol–water partition coefficient (Wildman–Crippen LogP) is 4.39. The highest BCUT2D eigenvalue weighted by Crippen LogP contribution is 2.31. The molecule has 4 aromatic rings. The van der Waals surface area contributed by atoms with E-state index in [1.165, 1.54) is 18.1 Å². The minimum atomic E-state index is -0.940. The van der Waals surface area contributed by atoms with E-state index in [2.05, 4.69) is 27.5 Å². The fraction of sp³-hybridized carbons (Fsp3) is 0.286. The van der Waals surface area contributed by atoms with Gasteiger partial charge in [0.05, 0.1) is 36.3 Å². The lowest BCUT2D eigenvalue weighted by atomic mass is 10.0. The van der Waals surface area contributed by atoms with Crippen molar-refractivity contribution in [2.75, 3.05) is 18.5 Å². The molecule has 194 valence electrons. The highest BCUT2D eigenvalue weighted by molar-refractivity contribution is 5.81. The van der Waals surface area contributed by atoms with Crippen LogP contribution in [0.15, 0.2) is 67.5 Å². The number of pyridine rings is 2. The zero-order valence-corrected chi connectivity index (χ0v) is 20.6. The van der Waals surface area contributed by atoms with E-state index in [1.807, 2.05) is 24.3 Å². The molecule has 0 bridgehead atoms. The molecule has 0 spiro atoms. The molecular formula is C28H27N5O5. The molecule has 2 N–H and O–H groups in total. The number of aliphatic carboxylic acids is 1. The second-order valence-corrected chi connectivity index (χ2v) is 9.29. The number of benzene rings is 1. The Kier molecular flexibility index (Phi) is 6.51. The van der Waals surface area contributed by atoms with Gasteiger partial charge in [0.15, 0.2) is 0 Å². The Morgan fingerprint density at radius 1 is 1.16 bits per heavy atom. The summed E-state index contributed by atoms with van der Waals surface area (Å²) >= 11 is 0. The van der Waals surface area contributed by atoms with Crippen LogP contribution >= 0.6 is 0 Å². The third-order valence-corrected chi connectivity index (χ3v) is 6.71. The molecule has 0 saturated heterocycles. The largest absolute Gasteiger partial charge is 0.493 e. The van der Waals surface area contributed by atoms with E-state index in [0.29, 0.717) is 24.2 Å². The fourth-order valence-electron chi connectivity index (χ4n) is 4.85. The minimum Gasteiger partial charge on any atom is -0.493 e. The second-order valence-electron chi connectivity index (χ2n) is 9.29. The molecule has 2 aliphatic rings. The van der Waals surface area contributed by atoms with Gasteiger partial charge in [-0.2, -0.15) is 5.10 Å². The van der Waals surface area contributed by atoms with E-state index in [9.17, 15) is 9.90 Å². The first-order valence-electron chi connectivity index (χ1n) is 12.6. The molecule has 5 heterocycles. The molecule has 1 atom stereocenters. The summed E-state index contributed by atoms with van der Waals surface area (Å²) in [6.07, 6.45) is 10.1. The van der Waals surface area contributed by atoms with Crippen LogP contribution in [0.4, 0.5) is 5.82 Å².